The summed E-state index contributed by atoms with van der Waals surface area (Å²) in [6, 6.07) is 19.0. The van der Waals surface area contributed by atoms with Crippen molar-refractivity contribution < 1.29 is 4.74 Å². The van der Waals surface area contributed by atoms with Gasteiger partial charge in [-0.25, -0.2) is 0 Å². The van der Waals surface area contributed by atoms with Crippen LogP contribution in [0.5, 0.6) is 5.75 Å². The van der Waals surface area contributed by atoms with Gasteiger partial charge in [0.1, 0.15) is 5.75 Å². The number of rotatable bonds is 3. The molecule has 0 aliphatic heterocycles. The first-order chi connectivity index (χ1) is 10.2. The van der Waals surface area contributed by atoms with Crippen LogP contribution in [0.2, 0.25) is 0 Å². The Morgan fingerprint density at radius 1 is 0.762 bits per heavy atom. The molecule has 0 saturated carbocycles. The van der Waals surface area contributed by atoms with Gasteiger partial charge in [-0.15, -0.1) is 0 Å². The van der Waals surface area contributed by atoms with Crippen LogP contribution in [0.4, 0.5) is 0 Å². The SMILES string of the molecule is COc1cccc(C2=C(C)C(C)=C(c3ccccc3)C2)c1. The average molecular weight is 276 g/mol. The van der Waals surface area contributed by atoms with Crippen LogP contribution in [0.3, 0.4) is 0 Å². The third kappa shape index (κ3) is 2.52. The van der Waals surface area contributed by atoms with Gasteiger partial charge in [-0.3, -0.25) is 0 Å². The third-order valence-corrected chi connectivity index (χ3v) is 4.36. The molecule has 1 heteroatoms. The molecule has 0 radical (unpaired) electrons. The maximum absolute atomic E-state index is 5.35. The number of ether oxygens (including phenoxy) is 1. The van der Waals surface area contributed by atoms with E-state index in [-0.39, 0.29) is 0 Å². The maximum Gasteiger partial charge on any atom is 0.119 e. The van der Waals surface area contributed by atoms with E-state index in [1.54, 1.807) is 7.11 Å². The summed E-state index contributed by atoms with van der Waals surface area (Å²) in [7, 11) is 1.72. The Labute approximate surface area is 126 Å². The first-order valence-corrected chi connectivity index (χ1v) is 7.30. The molecule has 0 spiro atoms. The lowest BCUT2D eigenvalue weighted by molar-refractivity contribution is 0.414. The van der Waals surface area contributed by atoms with Crippen molar-refractivity contribution >= 4 is 11.1 Å². The predicted molar refractivity (Wildman–Crippen MR) is 89.2 cm³/mol. The van der Waals surface area contributed by atoms with Crippen LogP contribution < -0.4 is 4.74 Å². The molecule has 21 heavy (non-hydrogen) atoms. The highest BCUT2D eigenvalue weighted by Crippen LogP contribution is 2.42. The fourth-order valence-electron chi connectivity index (χ4n) is 2.98. The molecule has 0 bridgehead atoms. The molecule has 0 fully saturated rings. The number of methoxy groups -OCH3 is 1. The van der Waals surface area contributed by atoms with Crippen LogP contribution >= 0.6 is 0 Å². The quantitative estimate of drug-likeness (QED) is 0.734. The molecule has 1 aliphatic carbocycles. The van der Waals surface area contributed by atoms with Crippen LogP contribution in [0, 0.1) is 0 Å². The molecule has 0 unspecified atom stereocenters. The summed E-state index contributed by atoms with van der Waals surface area (Å²) in [5, 5.41) is 0. The molecular weight excluding hydrogens is 256 g/mol. The summed E-state index contributed by atoms with van der Waals surface area (Å²) in [6.45, 7) is 4.45. The minimum Gasteiger partial charge on any atom is -0.497 e. The molecule has 106 valence electrons. The van der Waals surface area contributed by atoms with Gasteiger partial charge in [-0.2, -0.15) is 0 Å². The standard InChI is InChI=1S/C20H20O/c1-14-15(2)20(17-10-7-11-18(12-17)21-3)13-19(14)16-8-5-4-6-9-16/h4-12H,13H2,1-3H3. The number of hydrogen-bond acceptors (Lipinski definition) is 1. The van der Waals surface area contributed by atoms with E-state index in [4.69, 9.17) is 4.74 Å². The van der Waals surface area contributed by atoms with E-state index in [2.05, 4.69) is 62.4 Å². The van der Waals surface area contributed by atoms with Crippen molar-refractivity contribution in [3.05, 3.63) is 76.9 Å². The molecule has 0 saturated heterocycles. The molecule has 1 nitrogen and oxygen atoms in total. The van der Waals surface area contributed by atoms with Crippen LogP contribution in [-0.4, -0.2) is 7.11 Å². The molecule has 0 amide bonds. The van der Waals surface area contributed by atoms with Gasteiger partial charge in [0.05, 0.1) is 7.11 Å². The fourth-order valence-corrected chi connectivity index (χ4v) is 2.98. The summed E-state index contributed by atoms with van der Waals surface area (Å²) >= 11 is 0. The van der Waals surface area contributed by atoms with Crippen LogP contribution in [0.1, 0.15) is 31.4 Å². The Balaban J connectivity index is 1.98. The highest BCUT2D eigenvalue weighted by molar-refractivity contribution is 5.91. The zero-order valence-corrected chi connectivity index (χ0v) is 12.8. The molecule has 0 N–H and O–H groups in total. The maximum atomic E-state index is 5.35. The highest BCUT2D eigenvalue weighted by atomic mass is 16.5. The van der Waals surface area contributed by atoms with Gasteiger partial charge in [-0.05, 0) is 65.8 Å². The van der Waals surface area contributed by atoms with Gasteiger partial charge in [0, 0.05) is 0 Å². The summed E-state index contributed by atoms with van der Waals surface area (Å²) in [6.07, 6.45) is 0.995. The Kier molecular flexibility index (Phi) is 3.66. The molecule has 2 aromatic rings. The highest BCUT2D eigenvalue weighted by Gasteiger charge is 2.20. The molecule has 0 aromatic heterocycles. The van der Waals surface area contributed by atoms with Gasteiger partial charge in [0.2, 0.25) is 0 Å². The van der Waals surface area contributed by atoms with Crippen molar-refractivity contribution in [1.82, 2.24) is 0 Å². The summed E-state index contributed by atoms with van der Waals surface area (Å²) < 4.78 is 5.35. The van der Waals surface area contributed by atoms with Gasteiger partial charge in [-0.1, -0.05) is 42.5 Å². The second-order valence-corrected chi connectivity index (χ2v) is 5.48. The van der Waals surface area contributed by atoms with E-state index in [1.807, 2.05) is 6.07 Å². The van der Waals surface area contributed by atoms with Gasteiger partial charge < -0.3 is 4.74 Å². The van der Waals surface area contributed by atoms with Crippen molar-refractivity contribution in [2.75, 3.05) is 7.11 Å². The second-order valence-electron chi connectivity index (χ2n) is 5.48. The van der Waals surface area contributed by atoms with Gasteiger partial charge in [0.15, 0.2) is 0 Å². The molecule has 0 heterocycles. The van der Waals surface area contributed by atoms with Crippen molar-refractivity contribution in [1.29, 1.82) is 0 Å². The summed E-state index contributed by atoms with van der Waals surface area (Å²) in [4.78, 5) is 0. The monoisotopic (exact) mass is 276 g/mol. The Hall–Kier alpha value is -2.28. The number of allylic oxidation sites excluding steroid dienone is 4. The first kappa shape index (κ1) is 13.7. The normalized spacial score (nSPS) is 14.8. The van der Waals surface area contributed by atoms with E-state index >= 15 is 0 Å². The second kappa shape index (κ2) is 5.61. The number of benzene rings is 2. The zero-order valence-electron chi connectivity index (χ0n) is 12.8. The summed E-state index contributed by atoms with van der Waals surface area (Å²) in [5.74, 6) is 0.915. The lowest BCUT2D eigenvalue weighted by Gasteiger charge is -2.08. The van der Waals surface area contributed by atoms with E-state index in [9.17, 15) is 0 Å². The average Bonchev–Trinajstić information content (AvgIpc) is 2.84. The Morgan fingerprint density at radius 2 is 1.38 bits per heavy atom. The topological polar surface area (TPSA) is 9.23 Å². The first-order valence-electron chi connectivity index (χ1n) is 7.30. The molecular formula is C20H20O. The number of hydrogen-bond donors (Lipinski definition) is 0. The van der Waals surface area contributed by atoms with E-state index in [0.29, 0.717) is 0 Å². The van der Waals surface area contributed by atoms with E-state index in [1.165, 1.54) is 33.4 Å². The predicted octanol–water partition coefficient (Wildman–Crippen LogP) is 5.35. The summed E-state index contributed by atoms with van der Waals surface area (Å²) in [5.41, 5.74) is 8.22. The molecule has 1 aliphatic rings. The Morgan fingerprint density at radius 3 is 2.05 bits per heavy atom. The fraction of sp³-hybridized carbons (Fsp3) is 0.200. The zero-order chi connectivity index (χ0) is 14.8. The lowest BCUT2D eigenvalue weighted by Crippen LogP contribution is -1.88. The molecule has 0 atom stereocenters. The molecule has 2 aromatic carbocycles. The van der Waals surface area contributed by atoms with Crippen molar-refractivity contribution in [3.8, 4) is 5.75 Å². The van der Waals surface area contributed by atoms with Crippen LogP contribution in [0.25, 0.3) is 11.1 Å². The molecule has 3 rings (SSSR count). The lowest BCUT2D eigenvalue weighted by atomic mass is 9.98. The largest absolute Gasteiger partial charge is 0.497 e. The minimum absolute atomic E-state index is 0.915. The third-order valence-electron chi connectivity index (χ3n) is 4.36. The van der Waals surface area contributed by atoms with Crippen molar-refractivity contribution in [3.63, 3.8) is 0 Å². The Bertz CT molecular complexity index is 721. The van der Waals surface area contributed by atoms with Crippen LogP contribution in [-0.2, 0) is 0 Å². The van der Waals surface area contributed by atoms with E-state index in [0.717, 1.165) is 12.2 Å². The van der Waals surface area contributed by atoms with Gasteiger partial charge >= 0.3 is 0 Å². The van der Waals surface area contributed by atoms with E-state index < -0.39 is 0 Å². The van der Waals surface area contributed by atoms with Crippen molar-refractivity contribution in [2.24, 2.45) is 0 Å². The van der Waals surface area contributed by atoms with Gasteiger partial charge in [0.25, 0.3) is 0 Å². The minimum atomic E-state index is 0.915. The smallest absolute Gasteiger partial charge is 0.119 e. The van der Waals surface area contributed by atoms with Crippen molar-refractivity contribution in [2.45, 2.75) is 20.3 Å². The van der Waals surface area contributed by atoms with Crippen LogP contribution in [0.15, 0.2) is 65.7 Å².